The molecule has 5 heteroatoms. The van der Waals surface area contributed by atoms with Crippen molar-refractivity contribution in [1.82, 2.24) is 10.6 Å². The molecular formula is C12H15ClN2O2. The Labute approximate surface area is 105 Å². The molecular weight excluding hydrogens is 240 g/mol. The fourth-order valence-electron chi connectivity index (χ4n) is 1.28. The number of rotatable bonds is 5. The van der Waals surface area contributed by atoms with E-state index in [2.05, 4.69) is 10.6 Å². The van der Waals surface area contributed by atoms with Crippen LogP contribution in [0.5, 0.6) is 0 Å². The van der Waals surface area contributed by atoms with Crippen LogP contribution in [0.25, 0.3) is 0 Å². The molecule has 17 heavy (non-hydrogen) atoms. The van der Waals surface area contributed by atoms with E-state index in [0.717, 1.165) is 12.0 Å². The van der Waals surface area contributed by atoms with Crippen LogP contribution in [0.1, 0.15) is 12.0 Å². The summed E-state index contributed by atoms with van der Waals surface area (Å²) in [4.78, 5) is 22.3. The molecule has 0 fully saturated rings. The van der Waals surface area contributed by atoms with Gasteiger partial charge in [0.1, 0.15) is 0 Å². The highest BCUT2D eigenvalue weighted by atomic mass is 35.5. The van der Waals surface area contributed by atoms with Crippen LogP contribution in [0.2, 0.25) is 0 Å². The second-order valence-corrected chi connectivity index (χ2v) is 3.86. The number of carbonyl (C=O) groups is 2. The summed E-state index contributed by atoms with van der Waals surface area (Å²) in [6, 6.07) is 9.32. The molecule has 0 bridgehead atoms. The SMILES string of the molecule is O=C(CCCl)NC(=O)NCCc1ccccc1. The Bertz CT molecular complexity index is 368. The largest absolute Gasteiger partial charge is 0.337 e. The number of benzene rings is 1. The third-order valence-electron chi connectivity index (χ3n) is 2.12. The van der Waals surface area contributed by atoms with Crippen molar-refractivity contribution < 1.29 is 9.59 Å². The van der Waals surface area contributed by atoms with Gasteiger partial charge in [-0.15, -0.1) is 11.6 Å². The van der Waals surface area contributed by atoms with E-state index >= 15 is 0 Å². The Hall–Kier alpha value is -1.55. The van der Waals surface area contributed by atoms with Gasteiger partial charge in [0.2, 0.25) is 5.91 Å². The van der Waals surface area contributed by atoms with Gasteiger partial charge in [-0.3, -0.25) is 10.1 Å². The first-order valence-corrected chi connectivity index (χ1v) is 5.93. The molecule has 1 aromatic carbocycles. The summed E-state index contributed by atoms with van der Waals surface area (Å²) >= 11 is 5.37. The van der Waals surface area contributed by atoms with Gasteiger partial charge < -0.3 is 5.32 Å². The zero-order valence-electron chi connectivity index (χ0n) is 9.41. The molecule has 0 heterocycles. The smallest absolute Gasteiger partial charge is 0.321 e. The molecule has 0 saturated carbocycles. The van der Waals surface area contributed by atoms with Crippen LogP contribution in [-0.4, -0.2) is 24.4 Å². The van der Waals surface area contributed by atoms with Crippen molar-refractivity contribution in [2.75, 3.05) is 12.4 Å². The summed E-state index contributed by atoms with van der Waals surface area (Å²) in [5.41, 5.74) is 1.14. The minimum Gasteiger partial charge on any atom is -0.337 e. The van der Waals surface area contributed by atoms with E-state index in [-0.39, 0.29) is 18.2 Å². The number of urea groups is 1. The molecule has 0 unspecified atom stereocenters. The Morgan fingerprint density at radius 2 is 1.88 bits per heavy atom. The summed E-state index contributed by atoms with van der Waals surface area (Å²) in [6.45, 7) is 0.490. The van der Waals surface area contributed by atoms with Gasteiger partial charge >= 0.3 is 6.03 Å². The standard InChI is InChI=1S/C12H15ClN2O2/c13-8-6-11(16)15-12(17)14-9-7-10-4-2-1-3-5-10/h1-5H,6-9H2,(H2,14,15,16,17). The number of hydrogen-bond donors (Lipinski definition) is 2. The van der Waals surface area contributed by atoms with E-state index in [1.54, 1.807) is 0 Å². The van der Waals surface area contributed by atoms with E-state index in [9.17, 15) is 9.59 Å². The maximum atomic E-state index is 11.2. The van der Waals surface area contributed by atoms with Gasteiger partial charge in [-0.25, -0.2) is 4.79 Å². The van der Waals surface area contributed by atoms with Crippen molar-refractivity contribution in [3.8, 4) is 0 Å². The Kier molecular flexibility index (Phi) is 6.10. The minimum atomic E-state index is -0.476. The Morgan fingerprint density at radius 1 is 1.18 bits per heavy atom. The van der Waals surface area contributed by atoms with E-state index in [4.69, 9.17) is 11.6 Å². The molecule has 0 aromatic heterocycles. The molecule has 0 saturated heterocycles. The van der Waals surface area contributed by atoms with E-state index in [1.165, 1.54) is 0 Å². The number of amides is 3. The minimum absolute atomic E-state index is 0.146. The zero-order chi connectivity index (χ0) is 12.5. The molecule has 0 aliphatic rings. The average Bonchev–Trinajstić information content (AvgIpc) is 2.30. The molecule has 0 aliphatic carbocycles. The number of alkyl halides is 1. The zero-order valence-corrected chi connectivity index (χ0v) is 10.2. The van der Waals surface area contributed by atoms with Gasteiger partial charge in [0.15, 0.2) is 0 Å². The molecule has 0 spiro atoms. The van der Waals surface area contributed by atoms with Crippen LogP contribution >= 0.6 is 11.6 Å². The first-order chi connectivity index (χ1) is 8.22. The number of carbonyl (C=O) groups excluding carboxylic acids is 2. The van der Waals surface area contributed by atoms with Gasteiger partial charge in [-0.05, 0) is 12.0 Å². The number of nitrogens with one attached hydrogen (secondary N) is 2. The second kappa shape index (κ2) is 7.68. The summed E-state index contributed by atoms with van der Waals surface area (Å²) in [5, 5.41) is 4.80. The third kappa shape index (κ3) is 5.92. The summed E-state index contributed by atoms with van der Waals surface area (Å²) in [7, 11) is 0. The van der Waals surface area contributed by atoms with Crippen molar-refractivity contribution in [2.24, 2.45) is 0 Å². The molecule has 1 rings (SSSR count). The highest BCUT2D eigenvalue weighted by Gasteiger charge is 2.05. The molecule has 0 radical (unpaired) electrons. The molecule has 4 nitrogen and oxygen atoms in total. The molecule has 0 aliphatic heterocycles. The maximum Gasteiger partial charge on any atom is 0.321 e. The maximum absolute atomic E-state index is 11.2. The fraction of sp³-hybridized carbons (Fsp3) is 0.333. The van der Waals surface area contributed by atoms with Crippen molar-refractivity contribution in [1.29, 1.82) is 0 Å². The highest BCUT2D eigenvalue weighted by molar-refractivity contribution is 6.19. The molecule has 1 aromatic rings. The topological polar surface area (TPSA) is 58.2 Å². The Balaban J connectivity index is 2.18. The number of hydrogen-bond acceptors (Lipinski definition) is 2. The van der Waals surface area contributed by atoms with Crippen LogP contribution in [0, 0.1) is 0 Å². The van der Waals surface area contributed by atoms with Crippen LogP contribution in [-0.2, 0) is 11.2 Å². The van der Waals surface area contributed by atoms with Crippen LogP contribution in [0.15, 0.2) is 30.3 Å². The molecule has 92 valence electrons. The van der Waals surface area contributed by atoms with Crippen molar-refractivity contribution in [3.05, 3.63) is 35.9 Å². The third-order valence-corrected chi connectivity index (χ3v) is 2.31. The molecule has 2 N–H and O–H groups in total. The van der Waals surface area contributed by atoms with Gasteiger partial charge in [0, 0.05) is 18.8 Å². The summed E-state index contributed by atoms with van der Waals surface area (Å²) in [5.74, 6) is -0.152. The highest BCUT2D eigenvalue weighted by Crippen LogP contribution is 1.97. The number of halogens is 1. The molecule has 0 atom stereocenters. The summed E-state index contributed by atoms with van der Waals surface area (Å²) < 4.78 is 0. The summed E-state index contributed by atoms with van der Waals surface area (Å²) in [6.07, 6.45) is 0.881. The average molecular weight is 255 g/mol. The van der Waals surface area contributed by atoms with Crippen LogP contribution in [0.3, 0.4) is 0 Å². The van der Waals surface area contributed by atoms with Crippen molar-refractivity contribution >= 4 is 23.5 Å². The Morgan fingerprint density at radius 3 is 2.53 bits per heavy atom. The fourth-order valence-corrected chi connectivity index (χ4v) is 1.46. The van der Waals surface area contributed by atoms with Crippen LogP contribution < -0.4 is 10.6 Å². The lowest BCUT2D eigenvalue weighted by Gasteiger charge is -2.05. The lowest BCUT2D eigenvalue weighted by Crippen LogP contribution is -2.40. The van der Waals surface area contributed by atoms with E-state index < -0.39 is 6.03 Å². The lowest BCUT2D eigenvalue weighted by molar-refractivity contribution is -0.119. The monoisotopic (exact) mass is 254 g/mol. The van der Waals surface area contributed by atoms with Gasteiger partial charge in [0.25, 0.3) is 0 Å². The predicted molar refractivity (Wildman–Crippen MR) is 67.0 cm³/mol. The molecule has 3 amide bonds. The first-order valence-electron chi connectivity index (χ1n) is 5.40. The number of imide groups is 1. The van der Waals surface area contributed by atoms with Gasteiger partial charge in [-0.1, -0.05) is 30.3 Å². The van der Waals surface area contributed by atoms with Crippen molar-refractivity contribution in [3.63, 3.8) is 0 Å². The predicted octanol–water partition coefficient (Wildman–Crippen LogP) is 1.68. The van der Waals surface area contributed by atoms with E-state index in [0.29, 0.717) is 6.54 Å². The lowest BCUT2D eigenvalue weighted by atomic mass is 10.1. The van der Waals surface area contributed by atoms with Crippen molar-refractivity contribution in [2.45, 2.75) is 12.8 Å². The second-order valence-electron chi connectivity index (χ2n) is 3.48. The van der Waals surface area contributed by atoms with Crippen LogP contribution in [0.4, 0.5) is 4.79 Å². The van der Waals surface area contributed by atoms with Gasteiger partial charge in [0.05, 0.1) is 0 Å². The normalized spacial score (nSPS) is 9.71. The van der Waals surface area contributed by atoms with E-state index in [1.807, 2.05) is 30.3 Å². The quantitative estimate of drug-likeness (QED) is 0.786. The first kappa shape index (κ1) is 13.5. The van der Waals surface area contributed by atoms with Gasteiger partial charge in [-0.2, -0.15) is 0 Å².